The van der Waals surface area contributed by atoms with Crippen molar-refractivity contribution in [3.05, 3.63) is 46.6 Å². The van der Waals surface area contributed by atoms with Gasteiger partial charge in [0.05, 0.1) is 0 Å². The molecule has 0 aliphatic carbocycles. The Morgan fingerprint density at radius 1 is 1.40 bits per heavy atom. The van der Waals surface area contributed by atoms with Crippen molar-refractivity contribution in [2.24, 2.45) is 0 Å². The fraction of sp³-hybridized carbons (Fsp3) is 0.182. The SMILES string of the molecule is C=C(C)NC(=O)NCc1ccc(Br)cc1. The minimum absolute atomic E-state index is 0.231. The number of hydrogen-bond donors (Lipinski definition) is 2. The molecule has 2 N–H and O–H groups in total. The molecule has 0 aromatic heterocycles. The highest BCUT2D eigenvalue weighted by molar-refractivity contribution is 9.10. The monoisotopic (exact) mass is 268 g/mol. The maximum Gasteiger partial charge on any atom is 0.319 e. The molecule has 0 radical (unpaired) electrons. The molecule has 0 atom stereocenters. The van der Waals surface area contributed by atoms with Gasteiger partial charge in [-0.1, -0.05) is 34.6 Å². The van der Waals surface area contributed by atoms with Gasteiger partial charge >= 0.3 is 6.03 Å². The van der Waals surface area contributed by atoms with Crippen LogP contribution in [0.5, 0.6) is 0 Å². The van der Waals surface area contributed by atoms with Crippen molar-refractivity contribution in [2.45, 2.75) is 13.5 Å². The minimum atomic E-state index is -0.231. The van der Waals surface area contributed by atoms with Crippen LogP contribution in [0.15, 0.2) is 41.0 Å². The van der Waals surface area contributed by atoms with E-state index in [4.69, 9.17) is 0 Å². The number of hydrogen-bond acceptors (Lipinski definition) is 1. The number of nitrogens with one attached hydrogen (secondary N) is 2. The lowest BCUT2D eigenvalue weighted by Crippen LogP contribution is -2.33. The van der Waals surface area contributed by atoms with E-state index in [1.165, 1.54) is 0 Å². The summed E-state index contributed by atoms with van der Waals surface area (Å²) in [7, 11) is 0. The van der Waals surface area contributed by atoms with Crippen LogP contribution in [0.3, 0.4) is 0 Å². The third-order valence-corrected chi connectivity index (χ3v) is 2.22. The van der Waals surface area contributed by atoms with E-state index in [-0.39, 0.29) is 6.03 Å². The average Bonchev–Trinajstić information content (AvgIpc) is 2.16. The number of carbonyl (C=O) groups excluding carboxylic acids is 1. The Bertz CT molecular complexity index is 359. The third kappa shape index (κ3) is 4.65. The molecule has 0 aliphatic heterocycles. The summed E-state index contributed by atoms with van der Waals surface area (Å²) in [6.07, 6.45) is 0. The van der Waals surface area contributed by atoms with E-state index in [0.717, 1.165) is 10.0 Å². The maximum atomic E-state index is 11.2. The van der Waals surface area contributed by atoms with Crippen LogP contribution in [-0.4, -0.2) is 6.03 Å². The molecular formula is C11H13BrN2O. The molecule has 0 fully saturated rings. The van der Waals surface area contributed by atoms with Crippen LogP contribution in [0.4, 0.5) is 4.79 Å². The second-order valence-electron chi connectivity index (χ2n) is 3.21. The first-order valence-electron chi connectivity index (χ1n) is 4.53. The van der Waals surface area contributed by atoms with Gasteiger partial charge in [-0.25, -0.2) is 4.79 Å². The minimum Gasteiger partial charge on any atom is -0.334 e. The van der Waals surface area contributed by atoms with Gasteiger partial charge in [0, 0.05) is 16.7 Å². The fourth-order valence-corrected chi connectivity index (χ4v) is 1.29. The van der Waals surface area contributed by atoms with Crippen molar-refractivity contribution in [1.29, 1.82) is 0 Å². The van der Waals surface area contributed by atoms with Crippen LogP contribution in [0.1, 0.15) is 12.5 Å². The summed E-state index contributed by atoms with van der Waals surface area (Å²) < 4.78 is 1.03. The summed E-state index contributed by atoms with van der Waals surface area (Å²) in [5, 5.41) is 5.29. The smallest absolute Gasteiger partial charge is 0.319 e. The zero-order valence-corrected chi connectivity index (χ0v) is 10.1. The molecule has 4 heteroatoms. The molecular weight excluding hydrogens is 256 g/mol. The van der Waals surface area contributed by atoms with Crippen LogP contribution in [-0.2, 0) is 6.54 Å². The van der Waals surface area contributed by atoms with Crippen molar-refractivity contribution in [3.8, 4) is 0 Å². The standard InChI is InChI=1S/C11H13BrN2O/c1-8(2)14-11(15)13-7-9-3-5-10(12)6-4-9/h3-6H,1,7H2,2H3,(H2,13,14,15). The molecule has 15 heavy (non-hydrogen) atoms. The van der Waals surface area contributed by atoms with Gasteiger partial charge in [0.25, 0.3) is 0 Å². The molecule has 0 saturated heterocycles. The van der Waals surface area contributed by atoms with Gasteiger partial charge in [-0.05, 0) is 24.6 Å². The third-order valence-electron chi connectivity index (χ3n) is 1.69. The molecule has 0 aliphatic rings. The molecule has 1 aromatic carbocycles. The summed E-state index contributed by atoms with van der Waals surface area (Å²) in [6.45, 7) is 5.83. The summed E-state index contributed by atoms with van der Waals surface area (Å²) in [5.74, 6) is 0. The van der Waals surface area contributed by atoms with Crippen LogP contribution in [0.2, 0.25) is 0 Å². The van der Waals surface area contributed by atoms with Crippen LogP contribution in [0.25, 0.3) is 0 Å². The largest absolute Gasteiger partial charge is 0.334 e. The Balaban J connectivity index is 2.40. The number of halogens is 1. The summed E-state index contributed by atoms with van der Waals surface area (Å²) in [5.41, 5.74) is 1.68. The van der Waals surface area contributed by atoms with Gasteiger partial charge in [-0.3, -0.25) is 0 Å². The number of allylic oxidation sites excluding steroid dienone is 1. The van der Waals surface area contributed by atoms with Gasteiger partial charge in [0.1, 0.15) is 0 Å². The van der Waals surface area contributed by atoms with Gasteiger partial charge in [-0.15, -0.1) is 0 Å². The van der Waals surface area contributed by atoms with E-state index in [1.807, 2.05) is 24.3 Å². The Morgan fingerprint density at radius 3 is 2.53 bits per heavy atom. The molecule has 0 unspecified atom stereocenters. The van der Waals surface area contributed by atoms with Crippen molar-refractivity contribution in [2.75, 3.05) is 0 Å². The summed E-state index contributed by atoms with van der Waals surface area (Å²) in [6, 6.07) is 7.54. The molecule has 0 heterocycles. The summed E-state index contributed by atoms with van der Waals surface area (Å²) >= 11 is 3.35. The second-order valence-corrected chi connectivity index (χ2v) is 4.13. The quantitative estimate of drug-likeness (QED) is 0.870. The van der Waals surface area contributed by atoms with E-state index in [2.05, 4.69) is 33.1 Å². The zero-order chi connectivity index (χ0) is 11.3. The predicted molar refractivity (Wildman–Crippen MR) is 64.3 cm³/mol. The summed E-state index contributed by atoms with van der Waals surface area (Å²) in [4.78, 5) is 11.2. The highest BCUT2D eigenvalue weighted by atomic mass is 79.9. The van der Waals surface area contributed by atoms with Crippen LogP contribution in [0, 0.1) is 0 Å². The van der Waals surface area contributed by atoms with Crippen LogP contribution < -0.4 is 10.6 Å². The molecule has 0 spiro atoms. The van der Waals surface area contributed by atoms with Crippen LogP contribution >= 0.6 is 15.9 Å². The Labute approximate surface area is 97.7 Å². The van der Waals surface area contributed by atoms with Crippen molar-refractivity contribution in [1.82, 2.24) is 10.6 Å². The van der Waals surface area contributed by atoms with E-state index in [9.17, 15) is 4.79 Å². The fourth-order valence-electron chi connectivity index (χ4n) is 1.02. The first-order valence-corrected chi connectivity index (χ1v) is 5.32. The first kappa shape index (κ1) is 11.8. The van der Waals surface area contributed by atoms with Crippen molar-refractivity contribution in [3.63, 3.8) is 0 Å². The normalized spacial score (nSPS) is 9.47. The van der Waals surface area contributed by atoms with Gasteiger partial charge < -0.3 is 10.6 Å². The average molecular weight is 269 g/mol. The topological polar surface area (TPSA) is 41.1 Å². The molecule has 1 rings (SSSR count). The molecule has 3 nitrogen and oxygen atoms in total. The van der Waals surface area contributed by atoms with E-state index in [1.54, 1.807) is 6.92 Å². The van der Waals surface area contributed by atoms with Gasteiger partial charge in [-0.2, -0.15) is 0 Å². The molecule has 80 valence electrons. The molecule has 1 aromatic rings. The lowest BCUT2D eigenvalue weighted by atomic mass is 10.2. The Hall–Kier alpha value is -1.29. The van der Waals surface area contributed by atoms with E-state index >= 15 is 0 Å². The zero-order valence-electron chi connectivity index (χ0n) is 8.51. The van der Waals surface area contributed by atoms with E-state index < -0.39 is 0 Å². The number of amides is 2. The van der Waals surface area contributed by atoms with E-state index in [0.29, 0.717) is 12.2 Å². The van der Waals surface area contributed by atoms with Gasteiger partial charge in [0.15, 0.2) is 0 Å². The maximum absolute atomic E-state index is 11.2. The number of benzene rings is 1. The molecule has 2 amide bonds. The lowest BCUT2D eigenvalue weighted by molar-refractivity contribution is 0.243. The van der Waals surface area contributed by atoms with Gasteiger partial charge in [0.2, 0.25) is 0 Å². The number of urea groups is 1. The lowest BCUT2D eigenvalue weighted by Gasteiger charge is -2.06. The predicted octanol–water partition coefficient (Wildman–Crippen LogP) is 2.78. The molecule has 0 saturated carbocycles. The number of rotatable bonds is 3. The first-order chi connectivity index (χ1) is 7.08. The second kappa shape index (κ2) is 5.56. The van der Waals surface area contributed by atoms with Crippen molar-refractivity contribution < 1.29 is 4.79 Å². The highest BCUT2D eigenvalue weighted by Crippen LogP contribution is 2.09. The Morgan fingerprint density at radius 2 is 2.00 bits per heavy atom. The van der Waals surface area contributed by atoms with Crippen molar-refractivity contribution >= 4 is 22.0 Å². The number of carbonyl (C=O) groups is 1. The Kier molecular flexibility index (Phi) is 4.37. The molecule has 0 bridgehead atoms. The highest BCUT2D eigenvalue weighted by Gasteiger charge is 1.99.